The molecule has 0 bridgehead atoms. The molecule has 1 aromatic rings. The molecule has 0 spiro atoms. The fraction of sp³-hybridized carbons (Fsp3) is 0.625. The maximum atomic E-state index is 12.7. The summed E-state index contributed by atoms with van der Waals surface area (Å²) in [5, 5.41) is 2.74. The molecule has 0 saturated carbocycles. The van der Waals surface area contributed by atoms with Crippen LogP contribution in [0.15, 0.2) is 18.5 Å². The predicted octanol–water partition coefficient (Wildman–Crippen LogP) is 0.678. The largest absolute Gasteiger partial charge is 0.355 e. The Labute approximate surface area is 137 Å². The smallest absolute Gasteiger partial charge is 0.239 e. The SMILES string of the molecule is CCNC(=O)CN(CC)C(=O)C1CCCN(c2ncccn2)C1. The minimum absolute atomic E-state index is 0.0411. The Balaban J connectivity index is 1.98. The summed E-state index contributed by atoms with van der Waals surface area (Å²) in [7, 11) is 0. The molecular weight excluding hydrogens is 294 g/mol. The van der Waals surface area contributed by atoms with E-state index in [4.69, 9.17) is 0 Å². The zero-order valence-corrected chi connectivity index (χ0v) is 13.9. The van der Waals surface area contributed by atoms with Crippen molar-refractivity contribution in [1.29, 1.82) is 0 Å². The van der Waals surface area contributed by atoms with Gasteiger partial charge in [-0.1, -0.05) is 0 Å². The molecule has 23 heavy (non-hydrogen) atoms. The van der Waals surface area contributed by atoms with Crippen LogP contribution in [0.4, 0.5) is 5.95 Å². The number of carbonyl (C=O) groups excluding carboxylic acids is 2. The van der Waals surface area contributed by atoms with E-state index in [1.165, 1.54) is 0 Å². The molecule has 1 aromatic heterocycles. The summed E-state index contributed by atoms with van der Waals surface area (Å²) < 4.78 is 0. The third-order valence-electron chi connectivity index (χ3n) is 4.01. The average Bonchev–Trinajstić information content (AvgIpc) is 2.60. The molecule has 1 aliphatic rings. The van der Waals surface area contributed by atoms with Crippen LogP contribution in [0, 0.1) is 5.92 Å². The van der Waals surface area contributed by atoms with E-state index in [1.54, 1.807) is 23.4 Å². The third kappa shape index (κ3) is 4.64. The molecule has 1 aliphatic heterocycles. The third-order valence-corrected chi connectivity index (χ3v) is 4.01. The van der Waals surface area contributed by atoms with Gasteiger partial charge in [0, 0.05) is 38.6 Å². The molecule has 1 saturated heterocycles. The van der Waals surface area contributed by atoms with Crippen LogP contribution in [-0.4, -0.2) is 59.4 Å². The number of nitrogens with one attached hydrogen (secondary N) is 1. The predicted molar refractivity (Wildman–Crippen MR) is 87.9 cm³/mol. The van der Waals surface area contributed by atoms with E-state index in [0.717, 1.165) is 19.4 Å². The molecule has 126 valence electrons. The number of amides is 2. The van der Waals surface area contributed by atoms with Gasteiger partial charge in [0.2, 0.25) is 17.8 Å². The Bertz CT molecular complexity index is 522. The Morgan fingerprint density at radius 1 is 1.35 bits per heavy atom. The fourth-order valence-electron chi connectivity index (χ4n) is 2.85. The van der Waals surface area contributed by atoms with Crippen LogP contribution in [0.25, 0.3) is 0 Å². The normalized spacial score (nSPS) is 17.7. The van der Waals surface area contributed by atoms with E-state index >= 15 is 0 Å². The van der Waals surface area contributed by atoms with Crippen molar-refractivity contribution < 1.29 is 9.59 Å². The van der Waals surface area contributed by atoms with Crippen LogP contribution in [0.5, 0.6) is 0 Å². The van der Waals surface area contributed by atoms with E-state index < -0.39 is 0 Å². The number of anilines is 1. The lowest BCUT2D eigenvalue weighted by Crippen LogP contribution is -2.48. The maximum Gasteiger partial charge on any atom is 0.239 e. The Morgan fingerprint density at radius 2 is 2.09 bits per heavy atom. The van der Waals surface area contributed by atoms with Gasteiger partial charge in [0.25, 0.3) is 0 Å². The summed E-state index contributed by atoms with van der Waals surface area (Å²) in [6, 6.07) is 1.78. The standard InChI is InChI=1S/C16H25N5O2/c1-3-17-14(22)12-20(4-2)15(23)13-7-5-10-21(11-13)16-18-8-6-9-19-16/h6,8-9,13H,3-5,7,10-12H2,1-2H3,(H,17,22). The molecule has 7 heteroatoms. The van der Waals surface area contributed by atoms with Crippen LogP contribution in [0.1, 0.15) is 26.7 Å². The van der Waals surface area contributed by atoms with Gasteiger partial charge in [-0.15, -0.1) is 0 Å². The van der Waals surface area contributed by atoms with Gasteiger partial charge >= 0.3 is 0 Å². The van der Waals surface area contributed by atoms with Gasteiger partial charge in [-0.25, -0.2) is 9.97 Å². The van der Waals surface area contributed by atoms with Crippen molar-refractivity contribution in [2.24, 2.45) is 5.92 Å². The topological polar surface area (TPSA) is 78.4 Å². The molecule has 1 atom stereocenters. The number of aromatic nitrogens is 2. The highest BCUT2D eigenvalue weighted by atomic mass is 16.2. The molecule has 2 heterocycles. The molecule has 1 unspecified atom stereocenters. The Kier molecular flexibility index (Phi) is 6.31. The zero-order chi connectivity index (χ0) is 16.7. The summed E-state index contributed by atoms with van der Waals surface area (Å²) in [6.45, 7) is 6.47. The molecule has 2 rings (SSSR count). The molecule has 0 aromatic carbocycles. The summed E-state index contributed by atoms with van der Waals surface area (Å²) >= 11 is 0. The van der Waals surface area contributed by atoms with Gasteiger partial charge in [0.05, 0.1) is 12.5 Å². The van der Waals surface area contributed by atoms with Crippen LogP contribution >= 0.6 is 0 Å². The summed E-state index contributed by atoms with van der Waals surface area (Å²) in [5.74, 6) is 0.486. The quantitative estimate of drug-likeness (QED) is 0.834. The van der Waals surface area contributed by atoms with Crippen molar-refractivity contribution in [3.8, 4) is 0 Å². The van der Waals surface area contributed by atoms with Crippen molar-refractivity contribution in [3.05, 3.63) is 18.5 Å². The lowest BCUT2D eigenvalue weighted by molar-refractivity contribution is -0.139. The highest BCUT2D eigenvalue weighted by Crippen LogP contribution is 2.21. The van der Waals surface area contributed by atoms with Gasteiger partial charge in [0.1, 0.15) is 0 Å². The molecular formula is C16H25N5O2. The van der Waals surface area contributed by atoms with Crippen LogP contribution < -0.4 is 10.2 Å². The van der Waals surface area contributed by atoms with Crippen molar-refractivity contribution >= 4 is 17.8 Å². The molecule has 0 radical (unpaired) electrons. The summed E-state index contributed by atoms with van der Waals surface area (Å²) in [4.78, 5) is 36.7. The second-order valence-electron chi connectivity index (χ2n) is 5.64. The van der Waals surface area contributed by atoms with E-state index in [-0.39, 0.29) is 24.3 Å². The average molecular weight is 319 g/mol. The number of carbonyl (C=O) groups is 2. The molecule has 0 aliphatic carbocycles. The number of nitrogens with zero attached hydrogens (tertiary/aromatic N) is 4. The molecule has 2 amide bonds. The lowest BCUT2D eigenvalue weighted by Gasteiger charge is -2.34. The van der Waals surface area contributed by atoms with Crippen LogP contribution in [0.3, 0.4) is 0 Å². The monoisotopic (exact) mass is 319 g/mol. The fourth-order valence-corrected chi connectivity index (χ4v) is 2.85. The van der Waals surface area contributed by atoms with E-state index in [0.29, 0.717) is 25.6 Å². The van der Waals surface area contributed by atoms with Gasteiger partial charge < -0.3 is 15.1 Å². The number of rotatable bonds is 6. The molecule has 1 fully saturated rings. The highest BCUT2D eigenvalue weighted by Gasteiger charge is 2.30. The minimum atomic E-state index is -0.109. The van der Waals surface area contributed by atoms with Gasteiger partial charge in [-0.3, -0.25) is 9.59 Å². The van der Waals surface area contributed by atoms with Gasteiger partial charge in [-0.05, 0) is 32.8 Å². The van der Waals surface area contributed by atoms with E-state index in [1.807, 2.05) is 18.7 Å². The zero-order valence-electron chi connectivity index (χ0n) is 13.9. The van der Waals surface area contributed by atoms with Crippen molar-refractivity contribution in [3.63, 3.8) is 0 Å². The first-order valence-electron chi connectivity index (χ1n) is 8.23. The van der Waals surface area contributed by atoms with E-state index in [2.05, 4.69) is 15.3 Å². The van der Waals surface area contributed by atoms with E-state index in [9.17, 15) is 9.59 Å². The Morgan fingerprint density at radius 3 is 2.74 bits per heavy atom. The summed E-state index contributed by atoms with van der Waals surface area (Å²) in [6.07, 6.45) is 5.18. The van der Waals surface area contributed by atoms with Gasteiger partial charge in [-0.2, -0.15) is 0 Å². The molecule has 1 N–H and O–H groups in total. The second-order valence-corrected chi connectivity index (χ2v) is 5.64. The van der Waals surface area contributed by atoms with Crippen molar-refractivity contribution in [2.45, 2.75) is 26.7 Å². The second kappa shape index (κ2) is 8.45. The maximum absolute atomic E-state index is 12.7. The number of likely N-dealkylation sites (N-methyl/N-ethyl adjacent to an activating group) is 2. The lowest BCUT2D eigenvalue weighted by atomic mass is 9.96. The number of hydrogen-bond acceptors (Lipinski definition) is 5. The van der Waals surface area contributed by atoms with Crippen LogP contribution in [-0.2, 0) is 9.59 Å². The van der Waals surface area contributed by atoms with Gasteiger partial charge in [0.15, 0.2) is 0 Å². The number of hydrogen-bond donors (Lipinski definition) is 1. The highest BCUT2D eigenvalue weighted by molar-refractivity contribution is 5.86. The molecule has 7 nitrogen and oxygen atoms in total. The first kappa shape index (κ1) is 17.2. The van der Waals surface area contributed by atoms with Crippen LogP contribution in [0.2, 0.25) is 0 Å². The minimum Gasteiger partial charge on any atom is -0.355 e. The first-order valence-corrected chi connectivity index (χ1v) is 8.23. The Hall–Kier alpha value is -2.18. The van der Waals surface area contributed by atoms with Crippen molar-refractivity contribution in [2.75, 3.05) is 37.6 Å². The summed E-state index contributed by atoms with van der Waals surface area (Å²) in [5.41, 5.74) is 0. The number of piperidine rings is 1. The first-order chi connectivity index (χ1) is 11.2. The van der Waals surface area contributed by atoms with Crippen molar-refractivity contribution in [1.82, 2.24) is 20.2 Å².